The van der Waals surface area contributed by atoms with E-state index >= 15 is 0 Å². The van der Waals surface area contributed by atoms with Crippen molar-refractivity contribution in [3.05, 3.63) is 46.8 Å². The van der Waals surface area contributed by atoms with Crippen LogP contribution in [0.5, 0.6) is 5.88 Å². The molecule has 0 bridgehead atoms. The van der Waals surface area contributed by atoms with E-state index < -0.39 is 0 Å². The Morgan fingerprint density at radius 1 is 1.37 bits per heavy atom. The number of nitrogens with zero attached hydrogens (tertiary/aromatic N) is 2. The Hall–Kier alpha value is -1.95. The normalized spacial score (nSPS) is 10.0. The topological polar surface area (TPSA) is 64.1 Å². The van der Waals surface area contributed by atoms with Crippen molar-refractivity contribution < 1.29 is 9.53 Å². The number of carbonyl (C=O) groups is 1. The molecule has 6 heteroatoms. The number of aromatic nitrogens is 2. The average molecular weight is 322 g/mol. The Kier molecular flexibility index (Phi) is 4.46. The molecule has 2 aromatic rings. The molecule has 2 heterocycles. The van der Waals surface area contributed by atoms with Crippen LogP contribution >= 0.6 is 15.9 Å². The first-order chi connectivity index (χ1) is 9.20. The van der Waals surface area contributed by atoms with E-state index in [1.165, 1.54) is 0 Å². The monoisotopic (exact) mass is 321 g/mol. The van der Waals surface area contributed by atoms with Gasteiger partial charge in [0.05, 0.1) is 6.61 Å². The summed E-state index contributed by atoms with van der Waals surface area (Å²) in [5.74, 6) is 0.170. The number of rotatable bonds is 4. The van der Waals surface area contributed by atoms with Gasteiger partial charge in [0.2, 0.25) is 5.88 Å². The van der Waals surface area contributed by atoms with Crippen molar-refractivity contribution in [1.82, 2.24) is 9.97 Å². The molecule has 0 saturated heterocycles. The number of anilines is 1. The molecule has 5 nitrogen and oxygen atoms in total. The zero-order chi connectivity index (χ0) is 13.7. The summed E-state index contributed by atoms with van der Waals surface area (Å²) in [5.41, 5.74) is 1.05. The van der Waals surface area contributed by atoms with Crippen molar-refractivity contribution >= 4 is 27.5 Å². The Labute approximate surface area is 119 Å². The number of pyridine rings is 2. The number of hydrogen-bond acceptors (Lipinski definition) is 4. The first kappa shape index (κ1) is 13.5. The van der Waals surface area contributed by atoms with Crippen LogP contribution in [0.25, 0.3) is 0 Å². The molecule has 0 aliphatic rings. The molecule has 0 aliphatic carbocycles. The lowest BCUT2D eigenvalue weighted by atomic mass is 10.2. The maximum absolute atomic E-state index is 12.1. The molecule has 98 valence electrons. The second-order valence-corrected chi connectivity index (χ2v) is 4.42. The van der Waals surface area contributed by atoms with E-state index in [0.717, 1.165) is 0 Å². The third-order valence-corrected chi connectivity index (χ3v) is 2.72. The van der Waals surface area contributed by atoms with Gasteiger partial charge >= 0.3 is 0 Å². The summed E-state index contributed by atoms with van der Waals surface area (Å²) >= 11 is 3.23. The van der Waals surface area contributed by atoms with Crippen molar-refractivity contribution in [2.75, 3.05) is 11.9 Å². The lowest BCUT2D eigenvalue weighted by molar-refractivity contribution is 0.102. The first-order valence-electron chi connectivity index (χ1n) is 5.71. The van der Waals surface area contributed by atoms with Crippen LogP contribution in [0.2, 0.25) is 0 Å². The second-order valence-electron chi connectivity index (χ2n) is 3.61. The maximum Gasteiger partial charge on any atom is 0.255 e. The molecule has 0 saturated carbocycles. The molecule has 2 rings (SSSR count). The predicted molar refractivity (Wildman–Crippen MR) is 75.3 cm³/mol. The highest BCUT2D eigenvalue weighted by Crippen LogP contribution is 2.21. The van der Waals surface area contributed by atoms with Gasteiger partial charge in [0.15, 0.2) is 0 Å². The first-order valence-corrected chi connectivity index (χ1v) is 6.50. The van der Waals surface area contributed by atoms with Gasteiger partial charge in [-0.3, -0.25) is 4.79 Å². The Bertz CT molecular complexity index is 590. The molecule has 0 radical (unpaired) electrons. The largest absolute Gasteiger partial charge is 0.476 e. The number of hydrogen-bond donors (Lipinski definition) is 1. The van der Waals surface area contributed by atoms with Crippen molar-refractivity contribution in [2.45, 2.75) is 6.92 Å². The smallest absolute Gasteiger partial charge is 0.255 e. The molecule has 19 heavy (non-hydrogen) atoms. The van der Waals surface area contributed by atoms with Gasteiger partial charge in [0, 0.05) is 18.0 Å². The summed E-state index contributed by atoms with van der Waals surface area (Å²) in [4.78, 5) is 20.1. The molecule has 0 aliphatic heterocycles. The van der Waals surface area contributed by atoms with E-state index in [4.69, 9.17) is 4.74 Å². The Morgan fingerprint density at radius 2 is 2.21 bits per heavy atom. The molecule has 0 fully saturated rings. The van der Waals surface area contributed by atoms with Crippen LogP contribution in [0.15, 0.2) is 41.3 Å². The van der Waals surface area contributed by atoms with Gasteiger partial charge < -0.3 is 10.1 Å². The minimum atomic E-state index is -0.239. The zero-order valence-corrected chi connectivity index (χ0v) is 11.8. The molecule has 1 N–H and O–H groups in total. The van der Waals surface area contributed by atoms with Crippen LogP contribution in [-0.2, 0) is 0 Å². The summed E-state index contributed by atoms with van der Waals surface area (Å²) in [6, 6.07) is 6.76. The molecular weight excluding hydrogens is 310 g/mol. The highest BCUT2D eigenvalue weighted by Gasteiger charge is 2.10. The van der Waals surface area contributed by atoms with Gasteiger partial charge in [-0.05, 0) is 47.1 Å². The minimum absolute atomic E-state index is 0.239. The summed E-state index contributed by atoms with van der Waals surface area (Å²) in [6.45, 7) is 2.35. The lowest BCUT2D eigenvalue weighted by Gasteiger charge is -2.09. The number of carbonyl (C=O) groups excluding carboxylic acids is 1. The molecular formula is C13H12BrN3O2. The van der Waals surface area contributed by atoms with Gasteiger partial charge in [-0.2, -0.15) is 0 Å². The van der Waals surface area contributed by atoms with Crippen LogP contribution in [-0.4, -0.2) is 22.5 Å². The molecule has 0 aromatic carbocycles. The number of nitrogens with one attached hydrogen (secondary N) is 1. The Balaban J connectivity index is 2.19. The van der Waals surface area contributed by atoms with Crippen molar-refractivity contribution in [1.29, 1.82) is 0 Å². The van der Waals surface area contributed by atoms with Gasteiger partial charge in [-0.15, -0.1) is 0 Å². The van der Waals surface area contributed by atoms with Gasteiger partial charge in [-0.25, -0.2) is 9.97 Å². The lowest BCUT2D eigenvalue weighted by Crippen LogP contribution is -2.13. The van der Waals surface area contributed by atoms with E-state index in [-0.39, 0.29) is 5.91 Å². The van der Waals surface area contributed by atoms with E-state index in [0.29, 0.717) is 28.3 Å². The fourth-order valence-corrected chi connectivity index (χ4v) is 1.84. The molecule has 0 spiro atoms. The third-order valence-electron chi connectivity index (χ3n) is 2.29. The molecule has 0 atom stereocenters. The van der Waals surface area contributed by atoms with Crippen molar-refractivity contribution in [3.63, 3.8) is 0 Å². The predicted octanol–water partition coefficient (Wildman–Crippen LogP) is 2.89. The van der Waals surface area contributed by atoms with E-state index in [1.807, 2.05) is 6.92 Å². The zero-order valence-electron chi connectivity index (χ0n) is 10.3. The fraction of sp³-hybridized carbons (Fsp3) is 0.154. The van der Waals surface area contributed by atoms with E-state index in [9.17, 15) is 4.79 Å². The third kappa shape index (κ3) is 3.51. The van der Waals surface area contributed by atoms with Gasteiger partial charge in [-0.1, -0.05) is 0 Å². The maximum atomic E-state index is 12.1. The van der Waals surface area contributed by atoms with Crippen LogP contribution < -0.4 is 10.1 Å². The quantitative estimate of drug-likeness (QED) is 0.879. The number of halogens is 1. The number of amides is 1. The summed E-state index contributed by atoms with van der Waals surface area (Å²) in [6.07, 6.45) is 3.18. The highest BCUT2D eigenvalue weighted by molar-refractivity contribution is 9.10. The molecule has 1 amide bonds. The average Bonchev–Trinajstić information content (AvgIpc) is 2.41. The van der Waals surface area contributed by atoms with Crippen molar-refractivity contribution in [3.8, 4) is 5.88 Å². The van der Waals surface area contributed by atoms with Crippen LogP contribution in [0.3, 0.4) is 0 Å². The highest BCUT2D eigenvalue weighted by atomic mass is 79.9. The van der Waals surface area contributed by atoms with Crippen LogP contribution in [0.4, 0.5) is 5.69 Å². The summed E-state index contributed by atoms with van der Waals surface area (Å²) in [5, 5.41) is 2.76. The summed E-state index contributed by atoms with van der Waals surface area (Å²) < 4.78 is 5.96. The minimum Gasteiger partial charge on any atom is -0.476 e. The van der Waals surface area contributed by atoms with Gasteiger partial charge in [0.25, 0.3) is 5.91 Å². The van der Waals surface area contributed by atoms with Crippen LogP contribution in [0.1, 0.15) is 17.3 Å². The second kappa shape index (κ2) is 6.29. The standard InChI is InChI=1S/C13H12BrN3O2/c1-2-19-13-10(4-3-6-16-13)17-12(18)9-5-7-15-11(14)8-9/h3-8H,2H2,1H3,(H,17,18). The SMILES string of the molecule is CCOc1ncccc1NC(=O)c1ccnc(Br)c1. The van der Waals surface area contributed by atoms with E-state index in [1.54, 1.807) is 36.7 Å². The fourth-order valence-electron chi connectivity index (χ4n) is 1.48. The number of ether oxygens (including phenoxy) is 1. The van der Waals surface area contributed by atoms with Crippen LogP contribution in [0, 0.1) is 0 Å². The Morgan fingerprint density at radius 3 is 2.95 bits per heavy atom. The summed E-state index contributed by atoms with van der Waals surface area (Å²) in [7, 11) is 0. The molecule has 2 aromatic heterocycles. The van der Waals surface area contributed by atoms with E-state index in [2.05, 4.69) is 31.2 Å². The molecule has 0 unspecified atom stereocenters. The van der Waals surface area contributed by atoms with Crippen molar-refractivity contribution in [2.24, 2.45) is 0 Å². The van der Waals surface area contributed by atoms with Gasteiger partial charge in [0.1, 0.15) is 10.3 Å².